The molecule has 0 spiro atoms. The Bertz CT molecular complexity index is 1060. The van der Waals surface area contributed by atoms with Gasteiger partial charge in [-0.1, -0.05) is 0 Å². The van der Waals surface area contributed by atoms with Crippen LogP contribution >= 0.6 is 12.6 Å². The summed E-state index contributed by atoms with van der Waals surface area (Å²) < 4.78 is 38.8. The highest BCUT2D eigenvalue weighted by Crippen LogP contribution is 2.39. The Morgan fingerprint density at radius 3 is 2.38 bits per heavy atom. The number of benzene rings is 1. The molecule has 0 amide bonds. The monoisotopic (exact) mass is 569 g/mol. The predicted octanol–water partition coefficient (Wildman–Crippen LogP) is 3.98. The van der Waals surface area contributed by atoms with Crippen LogP contribution in [0.2, 0.25) is 0 Å². The van der Waals surface area contributed by atoms with E-state index in [4.69, 9.17) is 24.1 Å². The summed E-state index contributed by atoms with van der Waals surface area (Å²) in [5.41, 5.74) is 12.4. The fraction of sp³-hybridized carbons (Fsp3) is 0.643. The first-order chi connectivity index (χ1) is 18.4. The summed E-state index contributed by atoms with van der Waals surface area (Å²) in [6.45, 7) is 5.68. The molecule has 2 saturated heterocycles. The van der Waals surface area contributed by atoms with Crippen molar-refractivity contribution in [2.75, 3.05) is 26.2 Å². The van der Waals surface area contributed by atoms with Gasteiger partial charge in [-0.2, -0.15) is 25.8 Å². The fourth-order valence-corrected chi connectivity index (χ4v) is 6.68. The van der Waals surface area contributed by atoms with E-state index in [1.165, 1.54) is 6.07 Å². The number of aliphatic hydroxyl groups is 1. The number of nitrogens with zero attached hydrogens (tertiary/aromatic N) is 2. The van der Waals surface area contributed by atoms with Gasteiger partial charge in [0.05, 0.1) is 22.4 Å². The molecule has 0 aromatic heterocycles. The standard InChI is InChI=1S/C28H42F3N5O2S/c1-18(26(33)23-5-4-19(16-24(23)38)28(29,30)31)15-25(32)34-20-3-2-12-35(17-20)21-8-13-36(14-9-21)27(39)10-6-22(37)7-11-27/h4-5,15-16,20-22,34,37-39H,2-3,6-14,17,32-33H2,1H3/b25-15+,26-18-. The summed E-state index contributed by atoms with van der Waals surface area (Å²) in [4.78, 5) is 4.96. The predicted molar refractivity (Wildman–Crippen MR) is 151 cm³/mol. The number of rotatable bonds is 6. The van der Waals surface area contributed by atoms with Crippen LogP contribution in [0.5, 0.6) is 5.75 Å². The number of aliphatic hydroxyl groups excluding tert-OH is 1. The van der Waals surface area contributed by atoms with Gasteiger partial charge in [0.1, 0.15) is 5.75 Å². The third-order valence-electron chi connectivity index (χ3n) is 8.56. The summed E-state index contributed by atoms with van der Waals surface area (Å²) in [7, 11) is 0. The summed E-state index contributed by atoms with van der Waals surface area (Å²) in [5, 5.41) is 23.4. The van der Waals surface area contributed by atoms with E-state index in [9.17, 15) is 23.4 Å². The van der Waals surface area contributed by atoms with Crippen LogP contribution in [-0.2, 0) is 6.18 Å². The minimum atomic E-state index is -4.54. The van der Waals surface area contributed by atoms with Crippen molar-refractivity contribution in [3.63, 3.8) is 0 Å². The summed E-state index contributed by atoms with van der Waals surface area (Å²) in [6, 6.07) is 3.44. The Morgan fingerprint density at radius 2 is 1.77 bits per heavy atom. The Balaban J connectivity index is 1.32. The van der Waals surface area contributed by atoms with Crippen LogP contribution < -0.4 is 16.8 Å². The van der Waals surface area contributed by atoms with E-state index in [1.54, 1.807) is 13.0 Å². The third kappa shape index (κ3) is 7.36. The van der Waals surface area contributed by atoms with Gasteiger partial charge in [-0.25, -0.2) is 0 Å². The van der Waals surface area contributed by atoms with Crippen LogP contribution in [0.25, 0.3) is 5.70 Å². The Hall–Kier alpha value is -2.08. The molecule has 3 aliphatic rings. The number of likely N-dealkylation sites (tertiary alicyclic amines) is 2. The number of piperidine rings is 2. The minimum absolute atomic E-state index is 0.0974. The van der Waals surface area contributed by atoms with Gasteiger partial charge >= 0.3 is 6.18 Å². The maximum atomic E-state index is 12.9. The third-order valence-corrected chi connectivity index (χ3v) is 9.29. The van der Waals surface area contributed by atoms with Crippen molar-refractivity contribution in [1.82, 2.24) is 15.1 Å². The molecule has 1 aromatic carbocycles. The molecule has 3 fully saturated rings. The molecular weight excluding hydrogens is 527 g/mol. The lowest BCUT2D eigenvalue weighted by Gasteiger charge is -2.49. The topological polar surface area (TPSA) is 111 Å². The number of hydrogen-bond donors (Lipinski definition) is 6. The number of thiol groups is 1. The zero-order chi connectivity index (χ0) is 28.4. The van der Waals surface area contributed by atoms with Crippen LogP contribution in [0.4, 0.5) is 13.2 Å². The molecule has 7 nitrogen and oxygen atoms in total. The largest absolute Gasteiger partial charge is 0.507 e. The van der Waals surface area contributed by atoms with E-state index in [0.717, 1.165) is 83.6 Å². The summed E-state index contributed by atoms with van der Waals surface area (Å²) in [5.74, 6) is -0.0967. The summed E-state index contributed by atoms with van der Waals surface area (Å²) >= 11 is 5.03. The van der Waals surface area contributed by atoms with Gasteiger partial charge in [0.2, 0.25) is 0 Å². The maximum absolute atomic E-state index is 12.9. The lowest BCUT2D eigenvalue weighted by Crippen LogP contribution is -2.56. The number of phenolic OH excluding ortho intramolecular Hbond substituents is 1. The highest BCUT2D eigenvalue weighted by Gasteiger charge is 2.39. The molecule has 2 aliphatic heterocycles. The first-order valence-corrected chi connectivity index (χ1v) is 14.3. The molecule has 218 valence electrons. The first-order valence-electron chi connectivity index (χ1n) is 13.9. The number of allylic oxidation sites excluding steroid dienone is 2. The van der Waals surface area contributed by atoms with Crippen molar-refractivity contribution in [2.24, 2.45) is 11.5 Å². The van der Waals surface area contributed by atoms with Crippen molar-refractivity contribution in [3.8, 4) is 5.75 Å². The minimum Gasteiger partial charge on any atom is -0.507 e. The number of hydrogen-bond acceptors (Lipinski definition) is 8. The zero-order valence-electron chi connectivity index (χ0n) is 22.6. The molecular formula is C28H42F3N5O2S. The molecule has 11 heteroatoms. The van der Waals surface area contributed by atoms with Gasteiger partial charge < -0.3 is 27.0 Å². The number of aromatic hydroxyl groups is 1. The van der Waals surface area contributed by atoms with Gasteiger partial charge in [-0.3, -0.25) is 9.80 Å². The van der Waals surface area contributed by atoms with Crippen LogP contribution in [0, 0.1) is 0 Å². The van der Waals surface area contributed by atoms with E-state index < -0.39 is 17.5 Å². The smallest absolute Gasteiger partial charge is 0.416 e. The average molecular weight is 570 g/mol. The lowest BCUT2D eigenvalue weighted by molar-refractivity contribution is -0.137. The molecule has 39 heavy (non-hydrogen) atoms. The van der Waals surface area contributed by atoms with Gasteiger partial charge in [0.25, 0.3) is 0 Å². The lowest BCUT2D eigenvalue weighted by atomic mass is 9.89. The number of nitrogens with one attached hydrogen (secondary N) is 1. The fourth-order valence-electron chi connectivity index (χ4n) is 6.22. The quantitative estimate of drug-likeness (QED) is 0.227. The molecule has 4 rings (SSSR count). The number of nitrogens with two attached hydrogens (primary N) is 2. The van der Waals surface area contributed by atoms with E-state index in [1.807, 2.05) is 0 Å². The van der Waals surface area contributed by atoms with Crippen LogP contribution in [0.15, 0.2) is 35.7 Å². The highest BCUT2D eigenvalue weighted by atomic mass is 32.1. The molecule has 0 bridgehead atoms. The van der Waals surface area contributed by atoms with Gasteiger partial charge in [0, 0.05) is 43.0 Å². The van der Waals surface area contributed by atoms with E-state index in [0.29, 0.717) is 23.5 Å². The normalized spacial score (nSPS) is 29.2. The number of halogens is 3. The number of alkyl halides is 3. The maximum Gasteiger partial charge on any atom is 0.416 e. The van der Waals surface area contributed by atoms with Crippen LogP contribution in [0.1, 0.15) is 69.4 Å². The Kier molecular flexibility index (Phi) is 9.35. The van der Waals surface area contributed by atoms with Gasteiger partial charge in [-0.15, -0.1) is 0 Å². The second-order valence-electron chi connectivity index (χ2n) is 11.3. The molecule has 1 atom stereocenters. The van der Waals surface area contributed by atoms with Crippen molar-refractivity contribution in [2.45, 2.75) is 87.5 Å². The van der Waals surface area contributed by atoms with Crippen molar-refractivity contribution < 1.29 is 23.4 Å². The van der Waals surface area contributed by atoms with Gasteiger partial charge in [0.15, 0.2) is 0 Å². The second-order valence-corrected chi connectivity index (χ2v) is 12.2. The van der Waals surface area contributed by atoms with E-state index >= 15 is 0 Å². The molecule has 1 aromatic rings. The van der Waals surface area contributed by atoms with Gasteiger partial charge in [-0.05, 0) is 94.7 Å². The molecule has 1 saturated carbocycles. The number of phenols is 1. The molecule has 2 heterocycles. The van der Waals surface area contributed by atoms with E-state index in [-0.39, 0.29) is 28.3 Å². The molecule has 1 aliphatic carbocycles. The Labute approximate surface area is 234 Å². The van der Waals surface area contributed by atoms with E-state index in [2.05, 4.69) is 15.1 Å². The SMILES string of the molecule is CC(/C=C(\N)NC1CCCN(C2CCN(C3(S)CCC(O)CC3)CC2)C1)=C(/N)c1ccc(C(F)(F)F)cc1O. The molecule has 1 unspecified atom stereocenters. The highest BCUT2D eigenvalue weighted by molar-refractivity contribution is 7.81. The zero-order valence-corrected chi connectivity index (χ0v) is 23.4. The van der Waals surface area contributed by atoms with Crippen molar-refractivity contribution in [1.29, 1.82) is 0 Å². The summed E-state index contributed by atoms with van der Waals surface area (Å²) in [6.07, 6.45) is 4.69. The van der Waals surface area contributed by atoms with Crippen LogP contribution in [0.3, 0.4) is 0 Å². The van der Waals surface area contributed by atoms with Crippen LogP contribution in [-0.4, -0.2) is 69.3 Å². The molecule has 7 N–H and O–H groups in total. The second kappa shape index (κ2) is 12.2. The van der Waals surface area contributed by atoms with Crippen molar-refractivity contribution in [3.05, 3.63) is 46.8 Å². The molecule has 0 radical (unpaired) electrons. The first kappa shape index (κ1) is 29.9. The average Bonchev–Trinajstić information content (AvgIpc) is 2.89. The Morgan fingerprint density at radius 1 is 1.10 bits per heavy atom. The van der Waals surface area contributed by atoms with Crippen molar-refractivity contribution >= 4 is 18.3 Å².